The van der Waals surface area contributed by atoms with E-state index < -0.39 is 41.6 Å². The van der Waals surface area contributed by atoms with E-state index in [4.69, 9.17) is 21.1 Å². The van der Waals surface area contributed by atoms with Crippen molar-refractivity contribution in [1.29, 1.82) is 0 Å². The van der Waals surface area contributed by atoms with Gasteiger partial charge in [0.05, 0.1) is 37.9 Å². The molecule has 17 nitrogen and oxygen atoms in total. The van der Waals surface area contributed by atoms with Crippen molar-refractivity contribution < 1.29 is 36.6 Å². The maximum absolute atomic E-state index is 14.1. The number of H-pyrrole nitrogens is 1. The van der Waals surface area contributed by atoms with Gasteiger partial charge < -0.3 is 24.3 Å². The SMILES string of the molecule is CCOC(=O)N=S1(=O)CCN(CC[C@H](C)Cc2ccc(S(=O)(=O)NC(=O)c3ccc(N4CCN(CC5=C(c6ccc(Cl)cc6)CC(C)(C)CC5)CC4)cc3Oc3cnc4[nH]ccc4c3)cc2[N+](=O)[O-])CC1. The summed E-state index contributed by atoms with van der Waals surface area (Å²) in [5.74, 6) is -0.0909. The minimum absolute atomic E-state index is 0.0363. The molecule has 0 unspecified atom stereocenters. The third-order valence-electron chi connectivity index (χ3n) is 13.6. The van der Waals surface area contributed by atoms with E-state index in [9.17, 15) is 32.3 Å². The van der Waals surface area contributed by atoms with Crippen LogP contribution in [-0.2, 0) is 30.9 Å². The van der Waals surface area contributed by atoms with E-state index in [0.29, 0.717) is 62.5 Å². The number of sulfonamides is 1. The Morgan fingerprint density at radius 2 is 1.75 bits per heavy atom. The van der Waals surface area contributed by atoms with Crippen LogP contribution in [0.5, 0.6) is 11.5 Å². The Morgan fingerprint density at radius 1 is 1.00 bits per heavy atom. The van der Waals surface area contributed by atoms with E-state index in [1.165, 1.54) is 41.1 Å². The Labute approximate surface area is 420 Å². The van der Waals surface area contributed by atoms with Gasteiger partial charge in [-0.2, -0.15) is 0 Å². The summed E-state index contributed by atoms with van der Waals surface area (Å²) in [5.41, 5.74) is 5.63. The third-order valence-corrected chi connectivity index (χ3v) is 17.3. The molecule has 2 fully saturated rings. The number of aromatic amines is 1. The molecule has 5 aromatic rings. The van der Waals surface area contributed by atoms with Crippen molar-refractivity contribution in [1.82, 2.24) is 24.5 Å². The molecule has 3 aliphatic rings. The highest BCUT2D eigenvalue weighted by molar-refractivity contribution is 7.94. The van der Waals surface area contributed by atoms with E-state index in [1.807, 2.05) is 25.1 Å². The number of piperazine rings is 1. The number of allylic oxidation sites excluding steroid dienone is 1. The molecule has 20 heteroatoms. The molecule has 0 saturated carbocycles. The summed E-state index contributed by atoms with van der Waals surface area (Å²) in [7, 11) is -7.30. The van der Waals surface area contributed by atoms with Gasteiger partial charge in [-0.3, -0.25) is 19.8 Å². The Morgan fingerprint density at radius 3 is 2.46 bits per heavy atom. The van der Waals surface area contributed by atoms with Crippen LogP contribution in [0, 0.1) is 21.4 Å². The number of nitrogens with zero attached hydrogens (tertiary/aromatic N) is 6. The average Bonchev–Trinajstić information content (AvgIpc) is 3.80. The Bertz CT molecular complexity index is 3060. The van der Waals surface area contributed by atoms with E-state index in [-0.39, 0.29) is 46.4 Å². The van der Waals surface area contributed by atoms with Crippen molar-refractivity contribution in [2.75, 3.05) is 75.4 Å². The molecule has 2 N–H and O–H groups in total. The van der Waals surface area contributed by atoms with Crippen molar-refractivity contribution in [2.45, 2.75) is 64.7 Å². The number of carbonyl (C=O) groups is 2. The fourth-order valence-electron chi connectivity index (χ4n) is 9.51. The van der Waals surface area contributed by atoms with Crippen LogP contribution in [-0.4, -0.2) is 120 Å². The van der Waals surface area contributed by atoms with Crippen LogP contribution in [0.15, 0.2) is 100 Å². The number of hydrogen-bond acceptors (Lipinski definition) is 13. The van der Waals surface area contributed by atoms with Crippen LogP contribution in [0.1, 0.15) is 74.9 Å². The van der Waals surface area contributed by atoms with Crippen LogP contribution in [0.25, 0.3) is 16.6 Å². The zero-order chi connectivity index (χ0) is 50.5. The van der Waals surface area contributed by atoms with Gasteiger partial charge in [-0.15, -0.1) is 4.36 Å². The van der Waals surface area contributed by atoms with Crippen molar-refractivity contribution >= 4 is 71.3 Å². The number of ether oxygens (including phenoxy) is 2. The summed E-state index contributed by atoms with van der Waals surface area (Å²) < 4.78 is 57.8. The largest absolute Gasteiger partial charge is 0.455 e. The van der Waals surface area contributed by atoms with Gasteiger partial charge >= 0.3 is 6.09 Å². The number of aromatic nitrogens is 2. The quantitative estimate of drug-likeness (QED) is 0.0698. The molecule has 3 aromatic carbocycles. The average molecular weight is 1030 g/mol. The van der Waals surface area contributed by atoms with Crippen molar-refractivity contribution in [3.63, 3.8) is 0 Å². The number of pyridine rings is 1. The van der Waals surface area contributed by atoms with E-state index in [1.54, 1.807) is 31.3 Å². The van der Waals surface area contributed by atoms with Crippen LogP contribution < -0.4 is 14.4 Å². The summed E-state index contributed by atoms with van der Waals surface area (Å²) in [4.78, 5) is 51.4. The minimum Gasteiger partial charge on any atom is -0.455 e. The molecule has 378 valence electrons. The zero-order valence-corrected chi connectivity index (χ0v) is 42.9. The van der Waals surface area contributed by atoms with Crippen molar-refractivity contribution in [2.24, 2.45) is 15.7 Å². The van der Waals surface area contributed by atoms with Crippen LogP contribution >= 0.6 is 11.6 Å². The number of amides is 2. The lowest BCUT2D eigenvalue weighted by Crippen LogP contribution is -2.47. The number of fused-ring (bicyclic) bond motifs is 1. The number of benzene rings is 3. The van der Waals surface area contributed by atoms with Crippen molar-refractivity contribution in [3.05, 3.63) is 123 Å². The van der Waals surface area contributed by atoms with Gasteiger partial charge in [0, 0.05) is 97.3 Å². The maximum Gasteiger partial charge on any atom is 0.441 e. The van der Waals surface area contributed by atoms with Crippen LogP contribution in [0.3, 0.4) is 0 Å². The molecule has 0 bridgehead atoms. The number of rotatable bonds is 16. The summed E-state index contributed by atoms with van der Waals surface area (Å²) in [6, 6.07) is 20.4. The number of halogens is 1. The number of nitro benzene ring substituents is 1. The fraction of sp³-hybridized carbons (Fsp3) is 0.431. The Kier molecular flexibility index (Phi) is 15.9. The monoisotopic (exact) mass is 1030 g/mol. The van der Waals surface area contributed by atoms with Gasteiger partial charge in [0.25, 0.3) is 21.6 Å². The number of hydrogen-bond donors (Lipinski definition) is 2. The zero-order valence-electron chi connectivity index (χ0n) is 40.5. The second-order valence-electron chi connectivity index (χ2n) is 19.5. The summed E-state index contributed by atoms with van der Waals surface area (Å²) in [6.45, 7) is 13.9. The molecular weight excluding hydrogens is 968 g/mol. The molecule has 2 aliphatic heterocycles. The molecular formula is C51H61ClN8O9S2. The highest BCUT2D eigenvalue weighted by Gasteiger charge is 2.31. The lowest BCUT2D eigenvalue weighted by molar-refractivity contribution is -0.385. The molecule has 0 spiro atoms. The van der Waals surface area contributed by atoms with Gasteiger partial charge in [0.1, 0.15) is 17.1 Å². The lowest BCUT2D eigenvalue weighted by Gasteiger charge is -2.39. The first-order valence-electron chi connectivity index (χ1n) is 24.0. The van der Waals surface area contributed by atoms with Gasteiger partial charge in [-0.1, -0.05) is 56.1 Å². The predicted molar refractivity (Wildman–Crippen MR) is 276 cm³/mol. The number of nitro groups is 1. The Balaban J connectivity index is 0.947. The molecule has 4 heterocycles. The van der Waals surface area contributed by atoms with E-state index in [2.05, 4.69) is 59.7 Å². The predicted octanol–water partition coefficient (Wildman–Crippen LogP) is 9.33. The van der Waals surface area contributed by atoms with Crippen molar-refractivity contribution in [3.8, 4) is 11.5 Å². The highest BCUT2D eigenvalue weighted by Crippen LogP contribution is 2.43. The second-order valence-corrected chi connectivity index (χ2v) is 24.1. The summed E-state index contributed by atoms with van der Waals surface area (Å²) in [6.07, 6.45) is 6.55. The van der Waals surface area contributed by atoms with Crippen LogP contribution in [0.2, 0.25) is 5.02 Å². The van der Waals surface area contributed by atoms with E-state index >= 15 is 0 Å². The maximum atomic E-state index is 14.1. The highest BCUT2D eigenvalue weighted by atomic mass is 35.5. The second kappa shape index (κ2) is 21.9. The minimum atomic E-state index is -4.61. The lowest BCUT2D eigenvalue weighted by atomic mass is 9.72. The normalized spacial score (nSPS) is 18.0. The molecule has 1 atom stereocenters. The topological polar surface area (TPSA) is 210 Å². The molecule has 0 radical (unpaired) electrons. The first-order valence-corrected chi connectivity index (χ1v) is 27.7. The van der Waals surface area contributed by atoms with Gasteiger partial charge in [0.2, 0.25) is 0 Å². The molecule has 2 aromatic heterocycles. The van der Waals surface area contributed by atoms with Gasteiger partial charge in [-0.25, -0.2) is 27.1 Å². The van der Waals surface area contributed by atoms with Gasteiger partial charge in [-0.05, 0) is 111 Å². The number of anilines is 1. The number of carbonyl (C=O) groups excluding carboxylic acids is 2. The first-order chi connectivity index (χ1) is 33.9. The number of nitrogens with one attached hydrogen (secondary N) is 2. The Hall–Kier alpha value is -5.86. The third kappa shape index (κ3) is 13.0. The molecule has 2 saturated heterocycles. The molecule has 8 rings (SSSR count). The smallest absolute Gasteiger partial charge is 0.441 e. The molecule has 1 aliphatic carbocycles. The first kappa shape index (κ1) is 51.5. The summed E-state index contributed by atoms with van der Waals surface area (Å²) >= 11 is 6.25. The molecule has 2 amide bonds. The van der Waals surface area contributed by atoms with E-state index in [0.717, 1.165) is 61.1 Å². The molecule has 71 heavy (non-hydrogen) atoms. The summed E-state index contributed by atoms with van der Waals surface area (Å²) in [5, 5.41) is 13.9. The fourth-order valence-corrected chi connectivity index (χ4v) is 12.4. The van der Waals surface area contributed by atoms with Crippen LogP contribution in [0.4, 0.5) is 16.2 Å². The standard InChI is InChI=1S/C51H61ClN8O9S2/c1-5-68-50(62)56-70(65)26-24-57(25-27-70)19-16-35(2)28-37-8-12-43(31-46(37)60(63)64)71(66,67)55-49(61)44-13-11-41(30-47(44)69-42-29-38-15-18-53-48(38)54-33-42)59-22-20-58(21-23-59)34-39-14-17-51(3,4)32-45(39)36-6-9-40(52)10-7-36/h6-13,15,18,29-31,33,35H,5,14,16-17,19-28,32,34H2,1-4H3,(H,53,54)(H,55,61)/t35-/m0/s1. The van der Waals surface area contributed by atoms with Gasteiger partial charge in [0.15, 0.2) is 0 Å².